The average molecular weight is 438 g/mol. The quantitative estimate of drug-likeness (QED) is 0.618. The Kier molecular flexibility index (Phi) is 4.59. The average Bonchev–Trinajstić information content (AvgIpc) is 3.35. The summed E-state index contributed by atoms with van der Waals surface area (Å²) in [4.78, 5) is 32.6. The van der Waals surface area contributed by atoms with E-state index in [0.29, 0.717) is 58.8 Å². The number of ether oxygens (including phenoxy) is 1. The molecule has 0 radical (unpaired) electrons. The first-order valence-electron chi connectivity index (χ1n) is 10.7. The fourth-order valence-electron chi connectivity index (χ4n) is 4.03. The van der Waals surface area contributed by atoms with Gasteiger partial charge in [-0.1, -0.05) is 0 Å². The highest BCUT2D eigenvalue weighted by molar-refractivity contribution is 6.09. The van der Waals surface area contributed by atoms with Crippen LogP contribution in [0.5, 0.6) is 0 Å². The second-order valence-corrected chi connectivity index (χ2v) is 9.45. The Morgan fingerprint density at radius 1 is 1.19 bits per heavy atom. The van der Waals surface area contributed by atoms with Crippen molar-refractivity contribution in [1.82, 2.24) is 19.9 Å². The van der Waals surface area contributed by atoms with Gasteiger partial charge in [0.05, 0.1) is 35.3 Å². The molecule has 4 heterocycles. The number of carbonyl (C=O) groups excluding carboxylic acids is 1. The standard InChI is InChI=1S/C22H27N7O3/c1-12-14(16(23)30)15-18(28-22(4)5-6-22)26-17(27-19(15)32-12)13-9-24-20(25-10-13)29-7-8-31-11-21(29,2)3/h9-10H,5-8,11H2,1-4H3,(H2,23,30)(H,26,27,28). The van der Waals surface area contributed by atoms with Crippen molar-refractivity contribution < 1.29 is 13.9 Å². The summed E-state index contributed by atoms with van der Waals surface area (Å²) in [5.41, 5.74) is 6.63. The van der Waals surface area contributed by atoms with E-state index in [1.807, 2.05) is 0 Å². The van der Waals surface area contributed by atoms with Crippen LogP contribution in [0.1, 0.15) is 49.7 Å². The largest absolute Gasteiger partial charge is 0.442 e. The van der Waals surface area contributed by atoms with Gasteiger partial charge in [0.1, 0.15) is 11.6 Å². The molecule has 2 fully saturated rings. The minimum atomic E-state index is -0.567. The maximum Gasteiger partial charge on any atom is 0.253 e. The molecular weight excluding hydrogens is 410 g/mol. The van der Waals surface area contributed by atoms with Gasteiger partial charge in [-0.3, -0.25) is 4.79 Å². The summed E-state index contributed by atoms with van der Waals surface area (Å²) in [6.45, 7) is 10.0. The van der Waals surface area contributed by atoms with Crippen molar-refractivity contribution in [1.29, 1.82) is 0 Å². The van der Waals surface area contributed by atoms with Gasteiger partial charge in [-0.2, -0.15) is 4.98 Å². The van der Waals surface area contributed by atoms with Gasteiger partial charge in [-0.05, 0) is 40.5 Å². The van der Waals surface area contributed by atoms with Crippen LogP contribution in [0.25, 0.3) is 22.5 Å². The molecule has 3 aromatic rings. The molecule has 0 unspecified atom stereocenters. The summed E-state index contributed by atoms with van der Waals surface area (Å²) in [5, 5.41) is 3.96. The Balaban J connectivity index is 1.56. The first-order valence-corrected chi connectivity index (χ1v) is 10.7. The van der Waals surface area contributed by atoms with Gasteiger partial charge in [0.15, 0.2) is 5.82 Å². The summed E-state index contributed by atoms with van der Waals surface area (Å²) in [6.07, 6.45) is 5.46. The molecule has 5 rings (SSSR count). The number of primary amides is 1. The molecule has 0 aromatic carbocycles. The number of aryl methyl sites for hydroxylation is 1. The summed E-state index contributed by atoms with van der Waals surface area (Å²) in [6, 6.07) is 0. The highest BCUT2D eigenvalue weighted by Gasteiger charge is 2.39. The minimum Gasteiger partial charge on any atom is -0.442 e. The maximum atomic E-state index is 12.1. The molecule has 10 nitrogen and oxygen atoms in total. The topological polar surface area (TPSA) is 132 Å². The molecule has 1 amide bonds. The number of fused-ring (bicyclic) bond motifs is 1. The molecular formula is C22H27N7O3. The number of nitrogens with one attached hydrogen (secondary N) is 1. The van der Waals surface area contributed by atoms with Gasteiger partial charge in [0, 0.05) is 24.5 Å². The van der Waals surface area contributed by atoms with Crippen molar-refractivity contribution in [2.45, 2.75) is 51.6 Å². The van der Waals surface area contributed by atoms with Crippen LogP contribution in [0.4, 0.5) is 11.8 Å². The minimum absolute atomic E-state index is 0.0685. The van der Waals surface area contributed by atoms with Crippen LogP contribution in [-0.4, -0.2) is 56.7 Å². The lowest BCUT2D eigenvalue weighted by atomic mass is 10.0. The van der Waals surface area contributed by atoms with E-state index in [1.54, 1.807) is 19.3 Å². The third kappa shape index (κ3) is 3.54. The number of carbonyl (C=O) groups is 1. The first kappa shape index (κ1) is 20.6. The van der Waals surface area contributed by atoms with E-state index >= 15 is 0 Å². The van der Waals surface area contributed by atoms with Gasteiger partial charge in [0.25, 0.3) is 5.91 Å². The van der Waals surface area contributed by atoms with E-state index in [4.69, 9.17) is 19.9 Å². The van der Waals surface area contributed by atoms with Crippen LogP contribution >= 0.6 is 0 Å². The van der Waals surface area contributed by atoms with Crippen molar-refractivity contribution in [2.24, 2.45) is 5.73 Å². The van der Waals surface area contributed by atoms with Crippen molar-refractivity contribution in [3.05, 3.63) is 23.7 Å². The van der Waals surface area contributed by atoms with E-state index in [1.165, 1.54) is 0 Å². The molecule has 1 saturated heterocycles. The van der Waals surface area contributed by atoms with Gasteiger partial charge < -0.3 is 25.1 Å². The molecule has 168 valence electrons. The zero-order valence-corrected chi connectivity index (χ0v) is 18.7. The van der Waals surface area contributed by atoms with Crippen molar-refractivity contribution in [2.75, 3.05) is 30.0 Å². The highest BCUT2D eigenvalue weighted by Crippen LogP contribution is 2.41. The second kappa shape index (κ2) is 7.13. The number of anilines is 2. The molecule has 32 heavy (non-hydrogen) atoms. The van der Waals surface area contributed by atoms with Crippen LogP contribution in [0, 0.1) is 6.92 Å². The van der Waals surface area contributed by atoms with Crippen molar-refractivity contribution >= 4 is 28.8 Å². The number of nitrogens with two attached hydrogens (primary N) is 1. The van der Waals surface area contributed by atoms with Crippen molar-refractivity contribution in [3.63, 3.8) is 0 Å². The van der Waals surface area contributed by atoms with Crippen LogP contribution < -0.4 is 16.0 Å². The van der Waals surface area contributed by atoms with E-state index in [-0.39, 0.29) is 11.1 Å². The Bertz CT molecular complexity index is 1200. The number of aromatic nitrogens is 4. The van der Waals surface area contributed by atoms with Crippen LogP contribution in [0.15, 0.2) is 16.8 Å². The van der Waals surface area contributed by atoms with E-state index in [0.717, 1.165) is 19.4 Å². The second-order valence-electron chi connectivity index (χ2n) is 9.45. The summed E-state index contributed by atoms with van der Waals surface area (Å²) in [5.74, 6) is 1.44. The normalized spacial score (nSPS) is 19.2. The fourth-order valence-corrected chi connectivity index (χ4v) is 4.03. The number of furan rings is 1. The third-order valence-corrected chi connectivity index (χ3v) is 6.18. The molecule has 1 aliphatic carbocycles. The number of amides is 1. The molecule has 0 spiro atoms. The highest BCUT2D eigenvalue weighted by atomic mass is 16.5. The molecule has 3 aromatic heterocycles. The Morgan fingerprint density at radius 3 is 2.53 bits per heavy atom. The fraction of sp³-hybridized carbons (Fsp3) is 0.500. The smallest absolute Gasteiger partial charge is 0.253 e. The van der Waals surface area contributed by atoms with Crippen molar-refractivity contribution in [3.8, 4) is 11.4 Å². The predicted molar refractivity (Wildman–Crippen MR) is 120 cm³/mol. The molecule has 2 aliphatic rings. The number of hydrogen-bond donors (Lipinski definition) is 2. The monoisotopic (exact) mass is 437 g/mol. The number of morpholine rings is 1. The van der Waals surface area contributed by atoms with Crippen LogP contribution in [0.2, 0.25) is 0 Å². The first-order chi connectivity index (χ1) is 15.2. The Labute approximate surface area is 185 Å². The van der Waals surface area contributed by atoms with E-state index in [2.05, 4.69) is 45.9 Å². The molecule has 10 heteroatoms. The lowest BCUT2D eigenvalue weighted by molar-refractivity contribution is 0.0634. The SMILES string of the molecule is Cc1oc2nc(-c3cnc(N4CCOCC4(C)C)nc3)nc(NC3(C)CC3)c2c1C(N)=O. The van der Waals surface area contributed by atoms with Gasteiger partial charge in [-0.25, -0.2) is 15.0 Å². The number of hydrogen-bond acceptors (Lipinski definition) is 9. The zero-order valence-electron chi connectivity index (χ0n) is 18.7. The van der Waals surface area contributed by atoms with E-state index < -0.39 is 5.91 Å². The van der Waals surface area contributed by atoms with Crippen LogP contribution in [-0.2, 0) is 4.74 Å². The molecule has 1 aliphatic heterocycles. The number of nitrogens with zero attached hydrogens (tertiary/aromatic N) is 5. The lowest BCUT2D eigenvalue weighted by Crippen LogP contribution is -2.53. The number of rotatable bonds is 5. The van der Waals surface area contributed by atoms with Crippen LogP contribution in [0.3, 0.4) is 0 Å². The Morgan fingerprint density at radius 2 is 1.91 bits per heavy atom. The van der Waals surface area contributed by atoms with Gasteiger partial charge in [0.2, 0.25) is 11.7 Å². The Hall–Kier alpha value is -3.27. The molecule has 1 saturated carbocycles. The zero-order chi connectivity index (χ0) is 22.7. The lowest BCUT2D eigenvalue weighted by Gasteiger charge is -2.42. The maximum absolute atomic E-state index is 12.1. The van der Waals surface area contributed by atoms with E-state index in [9.17, 15) is 4.79 Å². The third-order valence-electron chi connectivity index (χ3n) is 6.18. The summed E-state index contributed by atoms with van der Waals surface area (Å²) in [7, 11) is 0. The molecule has 0 atom stereocenters. The van der Waals surface area contributed by atoms with Gasteiger partial charge >= 0.3 is 0 Å². The molecule has 0 bridgehead atoms. The predicted octanol–water partition coefficient (Wildman–Crippen LogP) is 2.67. The van der Waals surface area contributed by atoms with Gasteiger partial charge in [-0.15, -0.1) is 0 Å². The molecule has 3 N–H and O–H groups in total. The summed E-state index contributed by atoms with van der Waals surface area (Å²) >= 11 is 0. The summed E-state index contributed by atoms with van der Waals surface area (Å²) < 4.78 is 11.4.